The van der Waals surface area contributed by atoms with Crippen LogP contribution in [0.3, 0.4) is 0 Å². The molecule has 21 heavy (non-hydrogen) atoms. The van der Waals surface area contributed by atoms with E-state index in [0.29, 0.717) is 17.9 Å². The standard InChI is InChI=1S/C12H18N2O5S2/c1-7(2)6-13-11(15)8(3)14-21(18,19)10-5-4-9(20-10)12(16)17/h4-5,7-8,14H,6H2,1-3H3,(H,13,15)(H,16,17). The van der Waals surface area contributed by atoms with Crippen LogP contribution < -0.4 is 10.0 Å². The SMILES string of the molecule is CC(C)CNC(=O)C(C)NS(=O)(=O)c1ccc(C(=O)O)s1. The lowest BCUT2D eigenvalue weighted by atomic mass is 10.2. The number of hydrogen-bond acceptors (Lipinski definition) is 5. The van der Waals surface area contributed by atoms with Crippen LogP contribution in [0.4, 0.5) is 0 Å². The van der Waals surface area contributed by atoms with Gasteiger partial charge in [0.25, 0.3) is 10.0 Å². The number of aromatic carboxylic acids is 1. The molecule has 1 unspecified atom stereocenters. The van der Waals surface area contributed by atoms with Crippen LogP contribution in [0, 0.1) is 5.92 Å². The highest BCUT2D eigenvalue weighted by Gasteiger charge is 2.24. The fourth-order valence-electron chi connectivity index (χ4n) is 1.38. The molecule has 1 atom stereocenters. The molecular weight excluding hydrogens is 316 g/mol. The summed E-state index contributed by atoms with van der Waals surface area (Å²) in [5, 5.41) is 11.4. The van der Waals surface area contributed by atoms with Gasteiger partial charge in [0, 0.05) is 6.54 Å². The molecule has 1 amide bonds. The summed E-state index contributed by atoms with van der Waals surface area (Å²) in [4.78, 5) is 22.4. The molecule has 0 fully saturated rings. The average Bonchev–Trinajstić information content (AvgIpc) is 2.85. The number of carbonyl (C=O) groups excluding carboxylic acids is 1. The maximum absolute atomic E-state index is 12.0. The highest BCUT2D eigenvalue weighted by Crippen LogP contribution is 2.21. The number of amides is 1. The van der Waals surface area contributed by atoms with Gasteiger partial charge in [-0.15, -0.1) is 11.3 Å². The molecule has 118 valence electrons. The summed E-state index contributed by atoms with van der Waals surface area (Å²) in [7, 11) is -3.91. The Labute approximate surface area is 127 Å². The largest absolute Gasteiger partial charge is 0.477 e. The molecular formula is C12H18N2O5S2. The molecule has 0 radical (unpaired) electrons. The topological polar surface area (TPSA) is 113 Å². The highest BCUT2D eigenvalue weighted by atomic mass is 32.2. The Morgan fingerprint density at radius 2 is 1.90 bits per heavy atom. The average molecular weight is 334 g/mol. The number of thiophene rings is 1. The Hall–Kier alpha value is -1.45. The predicted octanol–water partition coefficient (Wildman–Crippen LogP) is 0.885. The predicted molar refractivity (Wildman–Crippen MR) is 78.9 cm³/mol. The van der Waals surface area contributed by atoms with Crippen LogP contribution in [0.5, 0.6) is 0 Å². The van der Waals surface area contributed by atoms with E-state index in [1.165, 1.54) is 19.1 Å². The molecule has 0 aliphatic carbocycles. The van der Waals surface area contributed by atoms with E-state index in [1.54, 1.807) is 0 Å². The quantitative estimate of drug-likeness (QED) is 0.685. The monoisotopic (exact) mass is 334 g/mol. The minimum absolute atomic E-state index is 0.0766. The third kappa shape index (κ3) is 5.10. The van der Waals surface area contributed by atoms with Crippen LogP contribution in [-0.4, -0.2) is 38.0 Å². The molecule has 0 aromatic carbocycles. The zero-order valence-electron chi connectivity index (χ0n) is 11.9. The first kappa shape index (κ1) is 17.6. The normalized spacial score (nSPS) is 13.1. The van der Waals surface area contributed by atoms with E-state index in [0.717, 1.165) is 0 Å². The maximum Gasteiger partial charge on any atom is 0.345 e. The van der Waals surface area contributed by atoms with Crippen LogP contribution in [0.2, 0.25) is 0 Å². The third-order valence-corrected chi connectivity index (χ3v) is 5.57. The molecule has 3 N–H and O–H groups in total. The lowest BCUT2D eigenvalue weighted by Crippen LogP contribution is -2.45. The van der Waals surface area contributed by atoms with E-state index in [2.05, 4.69) is 10.0 Å². The molecule has 1 rings (SSSR count). The lowest BCUT2D eigenvalue weighted by molar-refractivity contribution is -0.122. The van der Waals surface area contributed by atoms with Gasteiger partial charge < -0.3 is 10.4 Å². The number of carboxylic acid groups (broad SMARTS) is 1. The number of carboxylic acids is 1. The Kier molecular flexibility index (Phi) is 5.87. The smallest absolute Gasteiger partial charge is 0.345 e. The van der Waals surface area contributed by atoms with Crippen molar-refractivity contribution in [3.63, 3.8) is 0 Å². The van der Waals surface area contributed by atoms with E-state index in [9.17, 15) is 18.0 Å². The van der Waals surface area contributed by atoms with Crippen molar-refractivity contribution in [2.45, 2.75) is 31.0 Å². The van der Waals surface area contributed by atoms with Gasteiger partial charge in [-0.3, -0.25) is 4.79 Å². The van der Waals surface area contributed by atoms with Gasteiger partial charge in [-0.25, -0.2) is 13.2 Å². The number of hydrogen-bond donors (Lipinski definition) is 3. The first-order valence-electron chi connectivity index (χ1n) is 6.26. The van der Waals surface area contributed by atoms with E-state index < -0.39 is 27.9 Å². The molecule has 0 bridgehead atoms. The summed E-state index contributed by atoms with van der Waals surface area (Å²) in [6.07, 6.45) is 0. The fraction of sp³-hybridized carbons (Fsp3) is 0.500. The van der Waals surface area contributed by atoms with Gasteiger partial charge in [-0.2, -0.15) is 4.72 Å². The van der Waals surface area contributed by atoms with Crippen molar-refractivity contribution >= 4 is 33.2 Å². The Bertz CT molecular complexity index is 621. The van der Waals surface area contributed by atoms with Gasteiger partial charge in [-0.05, 0) is 25.0 Å². The van der Waals surface area contributed by atoms with Gasteiger partial charge in [0.05, 0.1) is 6.04 Å². The summed E-state index contributed by atoms with van der Waals surface area (Å²) in [6, 6.07) is 1.48. The Balaban J connectivity index is 2.75. The molecule has 0 aliphatic rings. The second kappa shape index (κ2) is 7.01. The number of sulfonamides is 1. The van der Waals surface area contributed by atoms with Crippen molar-refractivity contribution in [1.82, 2.24) is 10.0 Å². The second-order valence-electron chi connectivity index (χ2n) is 4.91. The molecule has 0 spiro atoms. The van der Waals surface area contributed by atoms with Crippen molar-refractivity contribution in [1.29, 1.82) is 0 Å². The maximum atomic E-state index is 12.0. The van der Waals surface area contributed by atoms with Gasteiger partial charge in [0.1, 0.15) is 9.09 Å². The van der Waals surface area contributed by atoms with Gasteiger partial charge in [0.2, 0.25) is 5.91 Å². The highest BCUT2D eigenvalue weighted by molar-refractivity contribution is 7.91. The fourth-order valence-corrected chi connectivity index (χ4v) is 3.75. The Morgan fingerprint density at radius 1 is 1.29 bits per heavy atom. The van der Waals surface area contributed by atoms with Crippen LogP contribution in [0.25, 0.3) is 0 Å². The van der Waals surface area contributed by atoms with E-state index in [4.69, 9.17) is 5.11 Å². The van der Waals surface area contributed by atoms with Crippen LogP contribution in [0.15, 0.2) is 16.3 Å². The molecule has 0 aliphatic heterocycles. The molecule has 1 aromatic rings. The first-order chi connectivity index (χ1) is 9.63. The van der Waals surface area contributed by atoms with Gasteiger partial charge in [-0.1, -0.05) is 13.8 Å². The van der Waals surface area contributed by atoms with Gasteiger partial charge in [0.15, 0.2) is 0 Å². The third-order valence-electron chi connectivity index (χ3n) is 2.47. The van der Waals surface area contributed by atoms with E-state index >= 15 is 0 Å². The van der Waals surface area contributed by atoms with Crippen molar-refractivity contribution in [2.24, 2.45) is 5.92 Å². The summed E-state index contributed by atoms with van der Waals surface area (Å²) in [6.45, 7) is 5.73. The van der Waals surface area contributed by atoms with E-state index in [-0.39, 0.29) is 15.0 Å². The Morgan fingerprint density at radius 3 is 2.38 bits per heavy atom. The lowest BCUT2D eigenvalue weighted by Gasteiger charge is -2.14. The van der Waals surface area contributed by atoms with Gasteiger partial charge >= 0.3 is 5.97 Å². The molecule has 1 aromatic heterocycles. The van der Waals surface area contributed by atoms with Crippen LogP contribution in [-0.2, 0) is 14.8 Å². The summed E-state index contributed by atoms with van der Waals surface area (Å²) in [5.41, 5.74) is 0. The molecule has 0 saturated heterocycles. The second-order valence-corrected chi connectivity index (χ2v) is 7.93. The van der Waals surface area contributed by atoms with Crippen molar-refractivity contribution < 1.29 is 23.1 Å². The molecule has 1 heterocycles. The van der Waals surface area contributed by atoms with E-state index in [1.807, 2.05) is 13.8 Å². The first-order valence-corrected chi connectivity index (χ1v) is 8.56. The number of carbonyl (C=O) groups is 2. The molecule has 9 heteroatoms. The molecule has 7 nitrogen and oxygen atoms in total. The van der Waals surface area contributed by atoms with Crippen LogP contribution in [0.1, 0.15) is 30.4 Å². The van der Waals surface area contributed by atoms with Crippen molar-refractivity contribution in [3.05, 3.63) is 17.0 Å². The van der Waals surface area contributed by atoms with Crippen molar-refractivity contribution in [2.75, 3.05) is 6.54 Å². The van der Waals surface area contributed by atoms with Crippen LogP contribution >= 0.6 is 11.3 Å². The number of nitrogens with one attached hydrogen (secondary N) is 2. The minimum atomic E-state index is -3.91. The summed E-state index contributed by atoms with van der Waals surface area (Å²) < 4.78 is 26.2. The molecule has 0 saturated carbocycles. The minimum Gasteiger partial charge on any atom is -0.477 e. The van der Waals surface area contributed by atoms with Crippen molar-refractivity contribution in [3.8, 4) is 0 Å². The summed E-state index contributed by atoms with van der Waals surface area (Å²) in [5.74, 6) is -1.36. The zero-order valence-corrected chi connectivity index (χ0v) is 13.5. The number of rotatable bonds is 7. The summed E-state index contributed by atoms with van der Waals surface area (Å²) >= 11 is 0.638. The zero-order chi connectivity index (χ0) is 16.2.